The Morgan fingerprint density at radius 2 is 2.23 bits per heavy atom. The molecule has 1 aliphatic carbocycles. The smallest absolute Gasteiger partial charge is 0.225 e. The van der Waals surface area contributed by atoms with Crippen LogP contribution in [-0.4, -0.2) is 29.4 Å². The summed E-state index contributed by atoms with van der Waals surface area (Å²) in [7, 11) is 1.61. The van der Waals surface area contributed by atoms with Crippen LogP contribution in [0.15, 0.2) is 24.3 Å². The van der Waals surface area contributed by atoms with E-state index in [4.69, 9.17) is 10.5 Å². The Bertz CT molecular complexity index is 928. The number of benzene rings is 1. The van der Waals surface area contributed by atoms with Crippen LogP contribution in [0.25, 0.3) is 11.1 Å². The number of methoxy groups -OCH3 is 1. The van der Waals surface area contributed by atoms with E-state index in [0.717, 1.165) is 35.2 Å². The molecule has 6 nitrogen and oxygen atoms in total. The molecule has 1 fully saturated rings. The lowest BCUT2D eigenvalue weighted by atomic mass is 9.91. The lowest BCUT2D eigenvalue weighted by Gasteiger charge is -2.30. The Hall–Kier alpha value is -3.07. The average molecular weight is 348 g/mol. The molecule has 26 heavy (non-hydrogen) atoms. The number of aromatic nitrogens is 1. The molecule has 6 heteroatoms. The number of nitrogen functional groups attached to an aromatic ring is 1. The molecule has 0 bridgehead atoms. The molecule has 1 saturated carbocycles. The summed E-state index contributed by atoms with van der Waals surface area (Å²) < 4.78 is 5.33. The lowest BCUT2D eigenvalue weighted by molar-refractivity contribution is -0.133. The van der Waals surface area contributed by atoms with Gasteiger partial charge in [0, 0.05) is 36.6 Å². The first-order chi connectivity index (χ1) is 12.6. The second kappa shape index (κ2) is 6.34. The zero-order valence-corrected chi connectivity index (χ0v) is 14.7. The number of carbonyl (C=O) groups is 1. The maximum absolute atomic E-state index is 12.5. The van der Waals surface area contributed by atoms with Crippen LogP contribution < -0.4 is 10.5 Å². The Morgan fingerprint density at radius 3 is 2.92 bits per heavy atom. The summed E-state index contributed by atoms with van der Waals surface area (Å²) in [6.45, 7) is 1.12. The number of anilines is 1. The highest BCUT2D eigenvalue weighted by molar-refractivity contribution is 5.83. The van der Waals surface area contributed by atoms with Crippen molar-refractivity contribution in [1.29, 1.82) is 5.26 Å². The molecule has 0 saturated heterocycles. The summed E-state index contributed by atoms with van der Waals surface area (Å²) in [5.74, 6) is 1.33. The number of rotatable bonds is 3. The molecular weight excluding hydrogens is 328 g/mol. The fraction of sp³-hybridized carbons (Fsp3) is 0.350. The molecule has 1 aliphatic heterocycles. The Balaban J connectivity index is 1.85. The van der Waals surface area contributed by atoms with Crippen LogP contribution >= 0.6 is 0 Å². The molecule has 2 N–H and O–H groups in total. The molecule has 2 aliphatic rings. The molecule has 132 valence electrons. The standard InChI is InChI=1S/C20H20N4O2/c1-26-14-4-2-3-13(9-14)18-15(10-21)19(22)23-17-7-8-24(11-16(17)18)20(25)12-5-6-12/h2-4,9,12H,5-8,11H2,1H3,(H2,22,23). The predicted molar refractivity (Wildman–Crippen MR) is 97.2 cm³/mol. The number of fused-ring (bicyclic) bond motifs is 1. The van der Waals surface area contributed by atoms with E-state index >= 15 is 0 Å². The first-order valence-electron chi connectivity index (χ1n) is 8.77. The van der Waals surface area contributed by atoms with E-state index in [1.807, 2.05) is 29.2 Å². The van der Waals surface area contributed by atoms with Crippen LogP contribution in [0.2, 0.25) is 0 Å². The number of nitriles is 1. The van der Waals surface area contributed by atoms with Gasteiger partial charge in [-0.2, -0.15) is 5.26 Å². The molecule has 1 amide bonds. The number of ether oxygens (including phenoxy) is 1. The van der Waals surface area contributed by atoms with Crippen LogP contribution in [0.5, 0.6) is 5.75 Å². The summed E-state index contributed by atoms with van der Waals surface area (Å²) in [5.41, 5.74) is 9.84. The van der Waals surface area contributed by atoms with E-state index in [-0.39, 0.29) is 17.6 Å². The third-order valence-corrected chi connectivity index (χ3v) is 5.09. The number of nitrogens with zero attached hydrogens (tertiary/aromatic N) is 3. The van der Waals surface area contributed by atoms with Crippen LogP contribution in [0.3, 0.4) is 0 Å². The quantitative estimate of drug-likeness (QED) is 0.920. The number of hydrogen-bond donors (Lipinski definition) is 1. The molecule has 2 aromatic rings. The lowest BCUT2D eigenvalue weighted by Crippen LogP contribution is -2.37. The highest BCUT2D eigenvalue weighted by Crippen LogP contribution is 2.38. The maximum Gasteiger partial charge on any atom is 0.225 e. The molecule has 4 rings (SSSR count). The van der Waals surface area contributed by atoms with Crippen molar-refractivity contribution in [2.24, 2.45) is 5.92 Å². The molecular formula is C20H20N4O2. The van der Waals surface area contributed by atoms with E-state index in [1.165, 1.54) is 0 Å². The second-order valence-corrected chi connectivity index (χ2v) is 6.80. The minimum atomic E-state index is 0.175. The maximum atomic E-state index is 12.5. The molecule has 2 heterocycles. The van der Waals surface area contributed by atoms with Crippen molar-refractivity contribution in [3.63, 3.8) is 0 Å². The van der Waals surface area contributed by atoms with Crippen molar-refractivity contribution < 1.29 is 9.53 Å². The predicted octanol–water partition coefficient (Wildman–Crippen LogP) is 2.51. The van der Waals surface area contributed by atoms with Crippen molar-refractivity contribution in [2.45, 2.75) is 25.8 Å². The molecule has 1 aromatic heterocycles. The summed E-state index contributed by atoms with van der Waals surface area (Å²) in [6.07, 6.45) is 2.61. The van der Waals surface area contributed by atoms with Gasteiger partial charge in [-0.3, -0.25) is 4.79 Å². The van der Waals surface area contributed by atoms with Gasteiger partial charge in [0.2, 0.25) is 5.91 Å². The van der Waals surface area contributed by atoms with Crippen LogP contribution in [0, 0.1) is 17.2 Å². The molecule has 0 spiro atoms. The van der Waals surface area contributed by atoms with Crippen LogP contribution in [-0.2, 0) is 17.8 Å². The number of carbonyl (C=O) groups excluding carboxylic acids is 1. The second-order valence-electron chi connectivity index (χ2n) is 6.80. The SMILES string of the molecule is COc1cccc(-c2c(C#N)c(N)nc3c2CN(C(=O)C2CC2)CC3)c1. The highest BCUT2D eigenvalue weighted by atomic mass is 16.5. The Morgan fingerprint density at radius 1 is 1.42 bits per heavy atom. The fourth-order valence-corrected chi connectivity index (χ4v) is 3.57. The third kappa shape index (κ3) is 2.76. The van der Waals surface area contributed by atoms with Crippen molar-refractivity contribution in [1.82, 2.24) is 9.88 Å². The van der Waals surface area contributed by atoms with Crippen molar-refractivity contribution in [2.75, 3.05) is 19.4 Å². The summed E-state index contributed by atoms with van der Waals surface area (Å²) >= 11 is 0. The van der Waals surface area contributed by atoms with Gasteiger partial charge in [0.1, 0.15) is 23.2 Å². The van der Waals surface area contributed by atoms with E-state index in [0.29, 0.717) is 30.8 Å². The molecule has 0 radical (unpaired) electrons. The van der Waals surface area contributed by atoms with Gasteiger partial charge in [0.25, 0.3) is 0 Å². The molecule has 1 aromatic carbocycles. The van der Waals surface area contributed by atoms with Gasteiger partial charge in [-0.1, -0.05) is 12.1 Å². The topological polar surface area (TPSA) is 92.2 Å². The number of amides is 1. The monoisotopic (exact) mass is 348 g/mol. The zero-order valence-electron chi connectivity index (χ0n) is 14.7. The normalized spacial score (nSPS) is 15.9. The average Bonchev–Trinajstić information content (AvgIpc) is 3.51. The Labute approximate surface area is 152 Å². The number of hydrogen-bond acceptors (Lipinski definition) is 5. The van der Waals surface area contributed by atoms with E-state index < -0.39 is 0 Å². The molecule has 0 unspecified atom stereocenters. The largest absolute Gasteiger partial charge is 0.497 e. The molecule has 0 atom stereocenters. The van der Waals surface area contributed by atoms with Crippen molar-refractivity contribution in [3.8, 4) is 22.9 Å². The van der Waals surface area contributed by atoms with Gasteiger partial charge in [0.05, 0.1) is 12.8 Å². The minimum absolute atomic E-state index is 0.175. The summed E-state index contributed by atoms with van der Waals surface area (Å²) in [5, 5.41) is 9.68. The van der Waals surface area contributed by atoms with Crippen LogP contribution in [0.4, 0.5) is 5.82 Å². The fourth-order valence-electron chi connectivity index (χ4n) is 3.57. The van der Waals surface area contributed by atoms with Crippen LogP contribution in [0.1, 0.15) is 29.7 Å². The van der Waals surface area contributed by atoms with E-state index in [2.05, 4.69) is 11.1 Å². The Kier molecular flexibility index (Phi) is 4.00. The van der Waals surface area contributed by atoms with E-state index in [9.17, 15) is 10.1 Å². The first kappa shape index (κ1) is 16.4. The highest BCUT2D eigenvalue weighted by Gasteiger charge is 2.36. The zero-order chi connectivity index (χ0) is 18.3. The van der Waals surface area contributed by atoms with Gasteiger partial charge in [-0.15, -0.1) is 0 Å². The van der Waals surface area contributed by atoms with Gasteiger partial charge in [0.15, 0.2) is 0 Å². The third-order valence-electron chi connectivity index (χ3n) is 5.09. The van der Waals surface area contributed by atoms with Gasteiger partial charge >= 0.3 is 0 Å². The first-order valence-corrected chi connectivity index (χ1v) is 8.77. The summed E-state index contributed by atoms with van der Waals surface area (Å²) in [6, 6.07) is 9.75. The van der Waals surface area contributed by atoms with Gasteiger partial charge in [-0.25, -0.2) is 4.98 Å². The van der Waals surface area contributed by atoms with Crippen molar-refractivity contribution in [3.05, 3.63) is 41.1 Å². The number of nitrogens with two attached hydrogens (primary N) is 1. The van der Waals surface area contributed by atoms with Gasteiger partial charge in [-0.05, 0) is 30.5 Å². The van der Waals surface area contributed by atoms with Crippen molar-refractivity contribution >= 4 is 11.7 Å². The number of pyridine rings is 1. The van der Waals surface area contributed by atoms with E-state index in [1.54, 1.807) is 7.11 Å². The summed E-state index contributed by atoms with van der Waals surface area (Å²) in [4.78, 5) is 18.9. The van der Waals surface area contributed by atoms with Gasteiger partial charge < -0.3 is 15.4 Å². The minimum Gasteiger partial charge on any atom is -0.497 e.